The number of hydrogen-bond donors (Lipinski definition) is 2. The SMILES string of the molecule is O=C(CC(c1ccccc1)(c1ccccc1)c1ccccc1)N[C@@H](Cc1ccccc1C(F)(F)F)C(=O)O. The highest BCUT2D eigenvalue weighted by molar-refractivity contribution is 5.85. The molecule has 4 aromatic rings. The van der Waals surface area contributed by atoms with Crippen molar-refractivity contribution in [3.63, 3.8) is 0 Å². The first-order chi connectivity index (χ1) is 18.2. The number of rotatable bonds is 9. The minimum absolute atomic E-state index is 0.157. The molecule has 0 unspecified atom stereocenters. The van der Waals surface area contributed by atoms with Gasteiger partial charge in [0.15, 0.2) is 0 Å². The van der Waals surface area contributed by atoms with Crippen LogP contribution in [0.25, 0.3) is 0 Å². The van der Waals surface area contributed by atoms with Crippen LogP contribution in [0.1, 0.15) is 34.2 Å². The highest BCUT2D eigenvalue weighted by Gasteiger charge is 2.40. The standard InChI is InChI=1S/C31H26F3NO3/c32-31(33,34)26-19-11-10-12-22(26)20-27(29(37)38)35-28(36)21-30(23-13-4-1-5-14-23,24-15-6-2-7-16-24)25-17-8-3-9-18-25/h1-19,27H,20-21H2,(H,35,36)(H,37,38)/t27-/m0/s1. The summed E-state index contributed by atoms with van der Waals surface area (Å²) in [7, 11) is 0. The Morgan fingerprint density at radius 2 is 1.11 bits per heavy atom. The second-order valence-electron chi connectivity index (χ2n) is 9.00. The van der Waals surface area contributed by atoms with E-state index in [-0.39, 0.29) is 12.0 Å². The van der Waals surface area contributed by atoms with E-state index < -0.39 is 41.5 Å². The molecule has 4 aromatic carbocycles. The van der Waals surface area contributed by atoms with Gasteiger partial charge in [0, 0.05) is 12.8 Å². The first kappa shape index (κ1) is 26.7. The van der Waals surface area contributed by atoms with E-state index in [1.807, 2.05) is 91.0 Å². The molecule has 0 aliphatic heterocycles. The average Bonchev–Trinajstić information content (AvgIpc) is 2.92. The highest BCUT2D eigenvalue weighted by Crippen LogP contribution is 2.42. The van der Waals surface area contributed by atoms with Crippen molar-refractivity contribution in [3.8, 4) is 0 Å². The number of carboxylic acids is 1. The molecule has 0 aromatic heterocycles. The van der Waals surface area contributed by atoms with Gasteiger partial charge in [-0.3, -0.25) is 4.79 Å². The van der Waals surface area contributed by atoms with Crippen LogP contribution in [0.4, 0.5) is 13.2 Å². The summed E-state index contributed by atoms with van der Waals surface area (Å²) in [6.07, 6.45) is -5.31. The number of halogens is 3. The predicted molar refractivity (Wildman–Crippen MR) is 139 cm³/mol. The molecule has 1 amide bonds. The predicted octanol–water partition coefficient (Wildman–Crippen LogP) is 6.24. The summed E-state index contributed by atoms with van der Waals surface area (Å²) in [5.41, 5.74) is 0.368. The van der Waals surface area contributed by atoms with Crippen molar-refractivity contribution < 1.29 is 27.9 Å². The monoisotopic (exact) mass is 517 g/mol. The van der Waals surface area contributed by atoms with Crippen molar-refractivity contribution in [1.29, 1.82) is 0 Å². The molecule has 0 fully saturated rings. The average molecular weight is 518 g/mol. The lowest BCUT2D eigenvalue weighted by atomic mass is 9.67. The number of alkyl halides is 3. The first-order valence-corrected chi connectivity index (χ1v) is 12.1. The topological polar surface area (TPSA) is 66.4 Å². The molecule has 38 heavy (non-hydrogen) atoms. The lowest BCUT2D eigenvalue weighted by molar-refractivity contribution is -0.143. The second kappa shape index (κ2) is 11.3. The van der Waals surface area contributed by atoms with Gasteiger partial charge in [0.2, 0.25) is 5.91 Å². The Morgan fingerprint density at radius 1 is 0.684 bits per heavy atom. The number of aliphatic carboxylic acids is 1. The number of carboxylic acid groups (broad SMARTS) is 1. The first-order valence-electron chi connectivity index (χ1n) is 12.1. The third-order valence-electron chi connectivity index (χ3n) is 6.61. The van der Waals surface area contributed by atoms with Gasteiger partial charge in [-0.05, 0) is 28.3 Å². The molecule has 0 heterocycles. The maximum Gasteiger partial charge on any atom is 0.416 e. The normalized spacial score (nSPS) is 12.5. The Morgan fingerprint density at radius 3 is 1.53 bits per heavy atom. The molecule has 2 N–H and O–H groups in total. The number of hydrogen-bond acceptors (Lipinski definition) is 2. The van der Waals surface area contributed by atoms with Gasteiger partial charge in [0.25, 0.3) is 0 Å². The highest BCUT2D eigenvalue weighted by atomic mass is 19.4. The second-order valence-corrected chi connectivity index (χ2v) is 9.00. The molecule has 0 radical (unpaired) electrons. The zero-order valence-corrected chi connectivity index (χ0v) is 20.4. The Bertz CT molecular complexity index is 1280. The zero-order chi connectivity index (χ0) is 27.2. The van der Waals surface area contributed by atoms with Crippen LogP contribution in [0.2, 0.25) is 0 Å². The summed E-state index contributed by atoms with van der Waals surface area (Å²) < 4.78 is 40.5. The molecule has 0 saturated heterocycles. The van der Waals surface area contributed by atoms with E-state index in [0.29, 0.717) is 0 Å². The van der Waals surface area contributed by atoms with Gasteiger partial charge in [0.1, 0.15) is 6.04 Å². The molecule has 0 aliphatic carbocycles. The third-order valence-corrected chi connectivity index (χ3v) is 6.61. The third kappa shape index (κ3) is 5.78. The van der Waals surface area contributed by atoms with Gasteiger partial charge in [-0.25, -0.2) is 4.79 Å². The van der Waals surface area contributed by atoms with E-state index in [9.17, 15) is 27.9 Å². The fourth-order valence-corrected chi connectivity index (χ4v) is 4.86. The van der Waals surface area contributed by atoms with Gasteiger partial charge in [0.05, 0.1) is 11.0 Å². The number of amides is 1. The molecule has 0 bridgehead atoms. The summed E-state index contributed by atoms with van der Waals surface area (Å²) in [5.74, 6) is -2.02. The van der Waals surface area contributed by atoms with Gasteiger partial charge in [-0.2, -0.15) is 13.2 Å². The number of carbonyl (C=O) groups is 2. The van der Waals surface area contributed by atoms with Crippen molar-refractivity contribution in [2.45, 2.75) is 30.5 Å². The summed E-state index contributed by atoms with van der Waals surface area (Å²) in [4.78, 5) is 25.6. The van der Waals surface area contributed by atoms with Crippen molar-refractivity contribution in [2.24, 2.45) is 0 Å². The maximum atomic E-state index is 13.6. The largest absolute Gasteiger partial charge is 0.480 e. The van der Waals surface area contributed by atoms with E-state index in [2.05, 4.69) is 5.32 Å². The number of nitrogens with one attached hydrogen (secondary N) is 1. The molecular formula is C31H26F3NO3. The fraction of sp³-hybridized carbons (Fsp3) is 0.161. The fourth-order valence-electron chi connectivity index (χ4n) is 4.86. The van der Waals surface area contributed by atoms with Gasteiger partial charge in [-0.1, -0.05) is 109 Å². The van der Waals surface area contributed by atoms with Crippen LogP contribution >= 0.6 is 0 Å². The summed E-state index contributed by atoms with van der Waals surface area (Å²) in [6.45, 7) is 0. The van der Waals surface area contributed by atoms with Crippen LogP contribution in [0, 0.1) is 0 Å². The molecule has 1 atom stereocenters. The van der Waals surface area contributed by atoms with E-state index in [1.54, 1.807) is 0 Å². The lowest BCUT2D eigenvalue weighted by Crippen LogP contribution is -2.45. The Balaban J connectivity index is 1.73. The molecular weight excluding hydrogens is 491 g/mol. The Labute approximate surface area is 218 Å². The van der Waals surface area contributed by atoms with Gasteiger partial charge in [-0.15, -0.1) is 0 Å². The van der Waals surface area contributed by atoms with Crippen LogP contribution in [0.5, 0.6) is 0 Å². The van der Waals surface area contributed by atoms with Crippen molar-refractivity contribution in [2.75, 3.05) is 0 Å². The lowest BCUT2D eigenvalue weighted by Gasteiger charge is -2.36. The molecule has 194 valence electrons. The smallest absolute Gasteiger partial charge is 0.416 e. The van der Waals surface area contributed by atoms with Crippen LogP contribution < -0.4 is 5.32 Å². The van der Waals surface area contributed by atoms with Crippen LogP contribution in [-0.2, 0) is 27.6 Å². The molecule has 7 heteroatoms. The quantitative estimate of drug-likeness (QED) is 0.258. The van der Waals surface area contributed by atoms with Gasteiger partial charge < -0.3 is 10.4 Å². The summed E-state index contributed by atoms with van der Waals surface area (Å²) >= 11 is 0. The zero-order valence-electron chi connectivity index (χ0n) is 20.4. The molecule has 0 saturated carbocycles. The minimum Gasteiger partial charge on any atom is -0.480 e. The van der Waals surface area contributed by atoms with Crippen LogP contribution in [0.15, 0.2) is 115 Å². The van der Waals surface area contributed by atoms with E-state index in [1.165, 1.54) is 18.2 Å². The maximum absolute atomic E-state index is 13.6. The Kier molecular flexibility index (Phi) is 7.96. The number of benzene rings is 4. The molecule has 0 aliphatic rings. The van der Waals surface area contributed by atoms with E-state index in [0.717, 1.165) is 22.8 Å². The van der Waals surface area contributed by atoms with Crippen molar-refractivity contribution in [3.05, 3.63) is 143 Å². The van der Waals surface area contributed by atoms with Crippen molar-refractivity contribution >= 4 is 11.9 Å². The van der Waals surface area contributed by atoms with Crippen LogP contribution in [0.3, 0.4) is 0 Å². The summed E-state index contributed by atoms with van der Waals surface area (Å²) in [6, 6.07) is 31.4. The van der Waals surface area contributed by atoms with E-state index in [4.69, 9.17) is 0 Å². The molecule has 4 nitrogen and oxygen atoms in total. The number of carbonyl (C=O) groups excluding carboxylic acids is 1. The van der Waals surface area contributed by atoms with Gasteiger partial charge >= 0.3 is 12.1 Å². The molecule has 4 rings (SSSR count). The molecule has 0 spiro atoms. The van der Waals surface area contributed by atoms with Crippen molar-refractivity contribution in [1.82, 2.24) is 5.32 Å². The van der Waals surface area contributed by atoms with Crippen LogP contribution in [-0.4, -0.2) is 23.0 Å². The summed E-state index contributed by atoms with van der Waals surface area (Å²) in [5, 5.41) is 12.3. The minimum atomic E-state index is -4.65. The van der Waals surface area contributed by atoms with E-state index >= 15 is 0 Å². The Hall–Kier alpha value is -4.39.